The van der Waals surface area contributed by atoms with Crippen molar-refractivity contribution in [2.75, 3.05) is 0 Å². The summed E-state index contributed by atoms with van der Waals surface area (Å²) in [4.78, 5) is 16.8. The minimum absolute atomic E-state index is 0.0304. The first-order valence-corrected chi connectivity index (χ1v) is 8.72. The van der Waals surface area contributed by atoms with E-state index < -0.39 is 6.10 Å². The van der Waals surface area contributed by atoms with Crippen molar-refractivity contribution in [3.8, 4) is 0 Å². The molecular formula is C18H23N3O3. The van der Waals surface area contributed by atoms with Crippen LogP contribution in [0.1, 0.15) is 59.2 Å². The van der Waals surface area contributed by atoms with E-state index in [0.717, 1.165) is 49.8 Å². The fourth-order valence-electron chi connectivity index (χ4n) is 4.15. The number of fused-ring (bicyclic) bond motifs is 1. The van der Waals surface area contributed by atoms with Gasteiger partial charge in [-0.25, -0.2) is 4.98 Å². The molecule has 2 heterocycles. The molecule has 3 atom stereocenters. The molecule has 1 amide bonds. The smallest absolute Gasteiger partial charge is 0.255 e. The Balaban J connectivity index is 1.50. The molecule has 4 rings (SSSR count). The van der Waals surface area contributed by atoms with Crippen LogP contribution < -0.4 is 5.32 Å². The van der Waals surface area contributed by atoms with Crippen molar-refractivity contribution in [1.82, 2.24) is 14.9 Å². The van der Waals surface area contributed by atoms with Gasteiger partial charge in [0.25, 0.3) is 5.91 Å². The summed E-state index contributed by atoms with van der Waals surface area (Å²) >= 11 is 0. The third kappa shape index (κ3) is 2.55. The third-order valence-corrected chi connectivity index (χ3v) is 5.38. The van der Waals surface area contributed by atoms with Gasteiger partial charge in [0.1, 0.15) is 11.5 Å². The van der Waals surface area contributed by atoms with Crippen molar-refractivity contribution in [3.63, 3.8) is 0 Å². The van der Waals surface area contributed by atoms with E-state index in [0.29, 0.717) is 11.3 Å². The van der Waals surface area contributed by atoms with E-state index in [2.05, 4.69) is 10.3 Å². The molecule has 2 N–H and O–H groups in total. The number of aliphatic hydroxyl groups is 1. The molecule has 0 aliphatic heterocycles. The maximum Gasteiger partial charge on any atom is 0.255 e. The Hall–Kier alpha value is -2.08. The number of nitrogens with one attached hydrogen (secondary N) is 1. The van der Waals surface area contributed by atoms with E-state index in [9.17, 15) is 9.90 Å². The van der Waals surface area contributed by atoms with Crippen LogP contribution in [0.4, 0.5) is 0 Å². The van der Waals surface area contributed by atoms with E-state index >= 15 is 0 Å². The van der Waals surface area contributed by atoms with E-state index in [1.54, 1.807) is 12.5 Å². The first kappa shape index (κ1) is 15.4. The summed E-state index contributed by atoms with van der Waals surface area (Å²) in [6, 6.07) is -0.268. The Morgan fingerprint density at radius 1 is 1.38 bits per heavy atom. The number of carbonyl (C=O) groups is 1. The molecule has 6 nitrogen and oxygen atoms in total. The van der Waals surface area contributed by atoms with Crippen LogP contribution in [-0.2, 0) is 12.8 Å². The number of hydrogen-bond donors (Lipinski definition) is 2. The van der Waals surface area contributed by atoms with Crippen LogP contribution in [0.2, 0.25) is 0 Å². The fourth-order valence-corrected chi connectivity index (χ4v) is 4.15. The summed E-state index contributed by atoms with van der Waals surface area (Å²) in [5, 5.41) is 13.6. The Morgan fingerprint density at radius 3 is 3.00 bits per heavy atom. The lowest BCUT2D eigenvalue weighted by Gasteiger charge is -2.21. The molecule has 6 heteroatoms. The minimum atomic E-state index is -0.605. The first-order valence-electron chi connectivity index (χ1n) is 8.72. The van der Waals surface area contributed by atoms with Gasteiger partial charge in [-0.05, 0) is 39.0 Å². The average Bonchev–Trinajstić information content (AvgIpc) is 3.26. The SMILES string of the molecule is Cc1oc2c(c1C(=O)N[C@@H]1CC[C@@H](n3ccnc3)[C@@H]1O)CCCC2. The molecule has 2 aromatic rings. The van der Waals surface area contributed by atoms with Crippen molar-refractivity contribution < 1.29 is 14.3 Å². The highest BCUT2D eigenvalue weighted by Gasteiger charge is 2.37. The molecule has 2 aliphatic rings. The third-order valence-electron chi connectivity index (χ3n) is 5.38. The van der Waals surface area contributed by atoms with Gasteiger partial charge >= 0.3 is 0 Å². The Morgan fingerprint density at radius 2 is 2.21 bits per heavy atom. The second kappa shape index (κ2) is 6.09. The predicted molar refractivity (Wildman–Crippen MR) is 87.8 cm³/mol. The standard InChI is InChI=1S/C18H23N3O3/c1-11-16(12-4-2-3-5-15(12)24-11)18(23)20-13-6-7-14(17(13)22)21-9-8-19-10-21/h8-10,13-14,17,22H,2-7H2,1H3,(H,20,23)/t13-,14-,17-/m1/s1. The number of furan rings is 1. The van der Waals surface area contributed by atoms with Gasteiger partial charge in [-0.2, -0.15) is 0 Å². The highest BCUT2D eigenvalue weighted by molar-refractivity contribution is 5.97. The van der Waals surface area contributed by atoms with Crippen LogP contribution in [0.15, 0.2) is 23.1 Å². The normalized spacial score (nSPS) is 26.3. The lowest BCUT2D eigenvalue weighted by atomic mass is 9.94. The highest BCUT2D eigenvalue weighted by atomic mass is 16.3. The predicted octanol–water partition coefficient (Wildman–Crippen LogP) is 2.16. The molecule has 0 radical (unpaired) electrons. The van der Waals surface area contributed by atoms with Crippen molar-refractivity contribution in [1.29, 1.82) is 0 Å². The molecule has 0 bridgehead atoms. The summed E-state index contributed by atoms with van der Waals surface area (Å²) in [5.74, 6) is 1.54. The Kier molecular flexibility index (Phi) is 3.92. The van der Waals surface area contributed by atoms with Crippen molar-refractivity contribution >= 4 is 5.91 Å². The van der Waals surface area contributed by atoms with Crippen molar-refractivity contribution in [2.45, 2.75) is 63.6 Å². The molecule has 1 fully saturated rings. The molecule has 24 heavy (non-hydrogen) atoms. The van der Waals surface area contributed by atoms with Crippen LogP contribution in [0.5, 0.6) is 0 Å². The van der Waals surface area contributed by atoms with Crippen molar-refractivity contribution in [3.05, 3.63) is 41.4 Å². The van der Waals surface area contributed by atoms with Gasteiger partial charge in [-0.3, -0.25) is 4.79 Å². The van der Waals surface area contributed by atoms with Gasteiger partial charge in [0.05, 0.1) is 30.1 Å². The maximum atomic E-state index is 12.8. The molecule has 2 aliphatic carbocycles. The van der Waals surface area contributed by atoms with Gasteiger partial charge in [-0.1, -0.05) is 0 Å². The second-order valence-corrected chi connectivity index (χ2v) is 6.87. The number of hydrogen-bond acceptors (Lipinski definition) is 4. The Labute approximate surface area is 140 Å². The summed E-state index contributed by atoms with van der Waals surface area (Å²) < 4.78 is 7.71. The fraction of sp³-hybridized carbons (Fsp3) is 0.556. The zero-order valence-corrected chi connectivity index (χ0v) is 13.9. The molecule has 0 spiro atoms. The number of aryl methyl sites for hydroxylation is 2. The lowest BCUT2D eigenvalue weighted by Crippen LogP contribution is -2.42. The van der Waals surface area contributed by atoms with Crippen LogP contribution in [0.3, 0.4) is 0 Å². The molecule has 0 unspecified atom stereocenters. The van der Waals surface area contributed by atoms with Crippen LogP contribution >= 0.6 is 0 Å². The minimum Gasteiger partial charge on any atom is -0.465 e. The number of amides is 1. The van der Waals surface area contributed by atoms with E-state index in [1.807, 2.05) is 17.7 Å². The number of aromatic nitrogens is 2. The number of carbonyl (C=O) groups excluding carboxylic acids is 1. The second-order valence-electron chi connectivity index (χ2n) is 6.87. The zero-order chi connectivity index (χ0) is 16.7. The monoisotopic (exact) mass is 329 g/mol. The number of rotatable bonds is 3. The van der Waals surface area contributed by atoms with Gasteiger partial charge in [0.15, 0.2) is 0 Å². The number of aliphatic hydroxyl groups excluding tert-OH is 1. The van der Waals surface area contributed by atoms with Crippen LogP contribution in [0.25, 0.3) is 0 Å². The summed E-state index contributed by atoms with van der Waals surface area (Å²) in [7, 11) is 0. The van der Waals surface area contributed by atoms with E-state index in [4.69, 9.17) is 4.42 Å². The quantitative estimate of drug-likeness (QED) is 0.904. The molecule has 1 saturated carbocycles. The van der Waals surface area contributed by atoms with Crippen molar-refractivity contribution in [2.24, 2.45) is 0 Å². The number of imidazole rings is 1. The van der Waals surface area contributed by atoms with Gasteiger partial charge in [-0.15, -0.1) is 0 Å². The van der Waals surface area contributed by atoms with E-state index in [1.165, 1.54) is 0 Å². The topological polar surface area (TPSA) is 80.3 Å². The van der Waals surface area contributed by atoms with Gasteiger partial charge < -0.3 is 19.4 Å². The average molecular weight is 329 g/mol. The first-order chi connectivity index (χ1) is 11.6. The van der Waals surface area contributed by atoms with E-state index in [-0.39, 0.29) is 18.0 Å². The summed E-state index contributed by atoms with van der Waals surface area (Å²) in [6.07, 6.45) is 10.3. The Bertz CT molecular complexity index is 735. The summed E-state index contributed by atoms with van der Waals surface area (Å²) in [6.45, 7) is 1.85. The molecule has 0 saturated heterocycles. The van der Waals surface area contributed by atoms with Gasteiger partial charge in [0, 0.05) is 24.4 Å². The number of nitrogens with zero attached hydrogens (tertiary/aromatic N) is 2. The molecule has 0 aromatic carbocycles. The van der Waals surface area contributed by atoms with Gasteiger partial charge in [0.2, 0.25) is 0 Å². The zero-order valence-electron chi connectivity index (χ0n) is 13.9. The summed E-state index contributed by atoms with van der Waals surface area (Å²) in [5.41, 5.74) is 1.75. The molecule has 128 valence electrons. The van der Waals surface area contributed by atoms with Crippen LogP contribution in [-0.4, -0.2) is 32.7 Å². The van der Waals surface area contributed by atoms with Crippen LogP contribution in [0, 0.1) is 6.92 Å². The molecular weight excluding hydrogens is 306 g/mol. The maximum absolute atomic E-state index is 12.8. The lowest BCUT2D eigenvalue weighted by molar-refractivity contribution is 0.0811. The molecule has 2 aromatic heterocycles. The largest absolute Gasteiger partial charge is 0.465 e. The highest BCUT2D eigenvalue weighted by Crippen LogP contribution is 2.32.